The molecule has 61 heavy (non-hydrogen) atoms. The summed E-state index contributed by atoms with van der Waals surface area (Å²) in [5.41, 5.74) is 22.9. The Bertz CT molecular complexity index is 3280. The van der Waals surface area contributed by atoms with Crippen LogP contribution in [0.5, 0.6) is 0 Å². The zero-order valence-electron chi connectivity index (χ0n) is 35.1. The van der Waals surface area contributed by atoms with Crippen LogP contribution in [0.2, 0.25) is 0 Å². The molecule has 0 N–H and O–H groups in total. The summed E-state index contributed by atoms with van der Waals surface area (Å²) in [4.78, 5) is 0. The van der Waals surface area contributed by atoms with Crippen molar-refractivity contribution in [1.29, 1.82) is 0 Å². The van der Waals surface area contributed by atoms with Gasteiger partial charge in [-0.15, -0.1) is 0 Å². The van der Waals surface area contributed by atoms with E-state index < -0.39 is 5.41 Å². The minimum atomic E-state index is -0.463. The first-order valence-electron chi connectivity index (χ1n) is 21.8. The largest absolute Gasteiger partial charge is 0.0725 e. The molecule has 2 aliphatic carbocycles. The fraction of sp³-hybridized carbons (Fsp3) is 0.0820. The first kappa shape index (κ1) is 36.8. The van der Waals surface area contributed by atoms with Crippen molar-refractivity contribution in [2.75, 3.05) is 0 Å². The van der Waals surface area contributed by atoms with Crippen molar-refractivity contribution in [2.24, 2.45) is 0 Å². The maximum atomic E-state index is 2.58. The second-order valence-corrected chi connectivity index (χ2v) is 16.4. The normalized spacial score (nSPS) is 12.7. The number of aryl methyl sites for hydroxylation is 2. The Morgan fingerprint density at radius 2 is 0.623 bits per heavy atom. The lowest BCUT2D eigenvalue weighted by Crippen LogP contribution is -2.26. The summed E-state index contributed by atoms with van der Waals surface area (Å²) < 4.78 is 0. The second-order valence-electron chi connectivity index (χ2n) is 16.4. The van der Waals surface area contributed by atoms with E-state index in [1.165, 1.54) is 122 Å². The van der Waals surface area contributed by atoms with Gasteiger partial charge in [0.15, 0.2) is 0 Å². The third-order valence-corrected chi connectivity index (χ3v) is 13.5. The van der Waals surface area contributed by atoms with Crippen molar-refractivity contribution >= 4 is 21.5 Å². The first-order valence-corrected chi connectivity index (χ1v) is 21.8. The van der Waals surface area contributed by atoms with Crippen LogP contribution in [-0.4, -0.2) is 0 Å². The molecule has 0 radical (unpaired) electrons. The van der Waals surface area contributed by atoms with E-state index in [9.17, 15) is 0 Å². The third-order valence-electron chi connectivity index (χ3n) is 13.5. The molecular weight excluding hydrogens is 733 g/mol. The van der Waals surface area contributed by atoms with Crippen LogP contribution in [0.15, 0.2) is 206 Å². The van der Waals surface area contributed by atoms with Gasteiger partial charge in [-0.25, -0.2) is 0 Å². The Balaban J connectivity index is 0.00000207. The lowest BCUT2D eigenvalue weighted by atomic mass is 9.69. The average Bonchev–Trinajstić information content (AvgIpc) is 3.80. The van der Waals surface area contributed by atoms with Crippen LogP contribution in [-0.2, 0) is 5.41 Å². The Hall–Kier alpha value is -7.28. The molecule has 0 nitrogen and oxygen atoms in total. The molecule has 0 heterocycles. The Labute approximate surface area is 359 Å². The highest BCUT2D eigenvalue weighted by Crippen LogP contribution is 2.64. The molecular formula is C61H46. The monoisotopic (exact) mass is 778 g/mol. The van der Waals surface area contributed by atoms with Crippen molar-refractivity contribution in [2.45, 2.75) is 33.1 Å². The molecule has 10 aromatic rings. The van der Waals surface area contributed by atoms with Crippen LogP contribution < -0.4 is 0 Å². The zero-order chi connectivity index (χ0) is 41.2. The molecule has 290 valence electrons. The Morgan fingerprint density at radius 3 is 1.18 bits per heavy atom. The van der Waals surface area contributed by atoms with Gasteiger partial charge in [0.05, 0.1) is 5.41 Å². The van der Waals surface area contributed by atoms with E-state index in [0.717, 1.165) is 0 Å². The summed E-state index contributed by atoms with van der Waals surface area (Å²) in [7, 11) is 0. The Morgan fingerprint density at radius 1 is 0.246 bits per heavy atom. The van der Waals surface area contributed by atoms with Crippen molar-refractivity contribution in [3.63, 3.8) is 0 Å². The summed E-state index contributed by atoms with van der Waals surface area (Å²) in [6, 6.07) is 77.1. The summed E-state index contributed by atoms with van der Waals surface area (Å²) in [6.45, 7) is 8.66. The van der Waals surface area contributed by atoms with E-state index in [4.69, 9.17) is 0 Å². The first-order chi connectivity index (χ1) is 30.1. The number of rotatable bonds is 4. The molecule has 0 atom stereocenters. The molecule has 2 aliphatic rings. The van der Waals surface area contributed by atoms with Gasteiger partial charge in [-0.05, 0) is 160 Å². The lowest BCUT2D eigenvalue weighted by molar-refractivity contribution is 0.795. The lowest BCUT2D eigenvalue weighted by Gasteiger charge is -2.31. The van der Waals surface area contributed by atoms with Crippen molar-refractivity contribution in [1.82, 2.24) is 0 Å². The van der Waals surface area contributed by atoms with E-state index in [1.54, 1.807) is 0 Å². The molecule has 0 saturated heterocycles. The summed E-state index contributed by atoms with van der Waals surface area (Å²) >= 11 is 0. The van der Waals surface area contributed by atoms with Gasteiger partial charge < -0.3 is 0 Å². The standard InChI is InChI=1S/C59H40.C2H6/c1-37-43-31-29-41(46-23-11-9-21-44(46)39-17-5-3-6-18-39)33-51(43)38(2)53-36-58-54(35-52(37)53)50-32-30-42(47-24-12-10-22-45(47)40-19-7-4-8-20-40)34-57(50)59(58)55-27-15-13-25-48(55)49-26-14-16-28-56(49)59;1-2/h3-36H,1-2H3;1-2H3. The van der Waals surface area contributed by atoms with E-state index in [2.05, 4.69) is 220 Å². The average molecular weight is 779 g/mol. The fourth-order valence-corrected chi connectivity index (χ4v) is 10.8. The maximum Gasteiger partial charge on any atom is 0.0725 e. The predicted molar refractivity (Wildman–Crippen MR) is 260 cm³/mol. The summed E-state index contributed by atoms with van der Waals surface area (Å²) in [5, 5.41) is 5.28. The topological polar surface area (TPSA) is 0 Å². The minimum Gasteiger partial charge on any atom is -0.0683 e. The molecule has 0 unspecified atom stereocenters. The fourth-order valence-electron chi connectivity index (χ4n) is 10.8. The minimum absolute atomic E-state index is 0.463. The van der Waals surface area contributed by atoms with Crippen LogP contribution in [0.1, 0.15) is 47.2 Å². The van der Waals surface area contributed by atoms with Gasteiger partial charge in [-0.1, -0.05) is 196 Å². The Kier molecular flexibility index (Phi) is 8.72. The SMILES string of the molecule is CC.Cc1c2ccc(-c3ccccc3-c3ccccc3)cc2c(C)c2cc3c(cc12)-c1ccc(-c2ccccc2-c2ccccc2)cc1C31c2ccccc2-c2ccccc21. The molecule has 0 bridgehead atoms. The van der Waals surface area contributed by atoms with Crippen LogP contribution in [0, 0.1) is 13.8 Å². The van der Waals surface area contributed by atoms with Gasteiger partial charge in [0.25, 0.3) is 0 Å². The van der Waals surface area contributed by atoms with Crippen LogP contribution in [0.4, 0.5) is 0 Å². The number of hydrogen-bond acceptors (Lipinski definition) is 0. The van der Waals surface area contributed by atoms with E-state index in [0.29, 0.717) is 0 Å². The van der Waals surface area contributed by atoms with Gasteiger partial charge in [-0.3, -0.25) is 0 Å². The second kappa shape index (κ2) is 14.5. The maximum absolute atomic E-state index is 2.58. The molecule has 0 amide bonds. The van der Waals surface area contributed by atoms with Gasteiger partial charge in [-0.2, -0.15) is 0 Å². The van der Waals surface area contributed by atoms with Gasteiger partial charge in [0, 0.05) is 0 Å². The molecule has 0 aromatic heterocycles. The molecule has 12 rings (SSSR count). The number of hydrogen-bond donors (Lipinski definition) is 0. The highest BCUT2D eigenvalue weighted by molar-refractivity contribution is 6.10. The molecule has 0 aliphatic heterocycles. The molecule has 0 fully saturated rings. The highest BCUT2D eigenvalue weighted by Gasteiger charge is 2.52. The number of benzene rings is 10. The van der Waals surface area contributed by atoms with Crippen molar-refractivity contribution in [3.05, 3.63) is 240 Å². The van der Waals surface area contributed by atoms with E-state index in [-0.39, 0.29) is 0 Å². The smallest absolute Gasteiger partial charge is 0.0683 e. The summed E-state index contributed by atoms with van der Waals surface area (Å²) in [6.07, 6.45) is 0. The van der Waals surface area contributed by atoms with Gasteiger partial charge in [0.2, 0.25) is 0 Å². The van der Waals surface area contributed by atoms with E-state index >= 15 is 0 Å². The van der Waals surface area contributed by atoms with Crippen molar-refractivity contribution in [3.8, 4) is 66.8 Å². The van der Waals surface area contributed by atoms with Crippen LogP contribution in [0.25, 0.3) is 88.3 Å². The van der Waals surface area contributed by atoms with E-state index in [1.807, 2.05) is 13.8 Å². The summed E-state index contributed by atoms with van der Waals surface area (Å²) in [5.74, 6) is 0. The molecule has 0 saturated carbocycles. The van der Waals surface area contributed by atoms with Gasteiger partial charge in [0.1, 0.15) is 0 Å². The van der Waals surface area contributed by atoms with Crippen LogP contribution in [0.3, 0.4) is 0 Å². The predicted octanol–water partition coefficient (Wildman–Crippen LogP) is 16.6. The quantitative estimate of drug-likeness (QED) is 0.156. The molecule has 10 aromatic carbocycles. The molecule has 0 heteroatoms. The highest BCUT2D eigenvalue weighted by atomic mass is 14.5. The number of fused-ring (bicyclic) bond motifs is 12. The zero-order valence-corrected chi connectivity index (χ0v) is 35.1. The van der Waals surface area contributed by atoms with Crippen LogP contribution >= 0.6 is 0 Å². The third kappa shape index (κ3) is 5.38. The van der Waals surface area contributed by atoms with Crippen molar-refractivity contribution < 1.29 is 0 Å². The van der Waals surface area contributed by atoms with Gasteiger partial charge >= 0.3 is 0 Å². The molecule has 1 spiro atoms.